The summed E-state index contributed by atoms with van der Waals surface area (Å²) in [4.78, 5) is 0. The van der Waals surface area contributed by atoms with E-state index in [1.807, 2.05) is 0 Å². The Morgan fingerprint density at radius 3 is 2.40 bits per heavy atom. The van der Waals surface area contributed by atoms with E-state index in [0.29, 0.717) is 40.0 Å². The molecule has 1 unspecified atom stereocenters. The molecular formula is C10H19NO4. The van der Waals surface area contributed by atoms with Crippen LogP contribution in [0.3, 0.4) is 0 Å². The molecule has 5 heteroatoms. The SMILES string of the molecule is NCCCC1OCOCC12COCOC2. The van der Waals surface area contributed by atoms with Crippen LogP contribution in [0.1, 0.15) is 12.8 Å². The number of ether oxygens (including phenoxy) is 4. The largest absolute Gasteiger partial charge is 0.355 e. The van der Waals surface area contributed by atoms with Gasteiger partial charge in [0.1, 0.15) is 13.6 Å². The van der Waals surface area contributed by atoms with Gasteiger partial charge in [-0.05, 0) is 19.4 Å². The quantitative estimate of drug-likeness (QED) is 0.726. The van der Waals surface area contributed by atoms with Crippen molar-refractivity contribution >= 4 is 0 Å². The highest BCUT2D eigenvalue weighted by Crippen LogP contribution is 2.34. The normalized spacial score (nSPS) is 30.6. The Hall–Kier alpha value is -0.200. The van der Waals surface area contributed by atoms with Gasteiger partial charge in [0.05, 0.1) is 31.3 Å². The fraction of sp³-hybridized carbons (Fsp3) is 1.00. The predicted molar refractivity (Wildman–Crippen MR) is 53.2 cm³/mol. The van der Waals surface area contributed by atoms with Crippen LogP contribution >= 0.6 is 0 Å². The van der Waals surface area contributed by atoms with Crippen molar-refractivity contribution in [2.24, 2.45) is 11.1 Å². The van der Waals surface area contributed by atoms with Crippen molar-refractivity contribution in [3.05, 3.63) is 0 Å². The van der Waals surface area contributed by atoms with E-state index in [1.165, 1.54) is 0 Å². The fourth-order valence-electron chi connectivity index (χ4n) is 2.20. The molecule has 88 valence electrons. The Morgan fingerprint density at radius 1 is 1.07 bits per heavy atom. The summed E-state index contributed by atoms with van der Waals surface area (Å²) in [7, 11) is 0. The van der Waals surface area contributed by atoms with Crippen LogP contribution in [0, 0.1) is 5.41 Å². The van der Waals surface area contributed by atoms with Gasteiger partial charge in [0.2, 0.25) is 0 Å². The highest BCUT2D eigenvalue weighted by atomic mass is 16.7. The molecule has 15 heavy (non-hydrogen) atoms. The Balaban J connectivity index is 1.97. The standard InChI is InChI=1S/C10H19NO4/c11-3-1-2-9-10(6-14-8-15-9)4-12-7-13-5-10/h9H,1-8,11H2. The van der Waals surface area contributed by atoms with Gasteiger partial charge in [-0.25, -0.2) is 0 Å². The third-order valence-corrected chi connectivity index (χ3v) is 3.04. The molecule has 0 aromatic rings. The minimum atomic E-state index is -0.119. The summed E-state index contributed by atoms with van der Waals surface area (Å²) in [5.74, 6) is 0. The average Bonchev–Trinajstić information content (AvgIpc) is 2.29. The Kier molecular flexibility index (Phi) is 3.93. The first kappa shape index (κ1) is 11.3. The molecule has 2 saturated heterocycles. The zero-order chi connectivity index (χ0) is 10.6. The number of hydrogen-bond donors (Lipinski definition) is 1. The second-order valence-corrected chi connectivity index (χ2v) is 4.23. The van der Waals surface area contributed by atoms with Crippen molar-refractivity contribution in [3.8, 4) is 0 Å². The first-order chi connectivity index (χ1) is 7.37. The summed E-state index contributed by atoms with van der Waals surface area (Å²) >= 11 is 0. The van der Waals surface area contributed by atoms with Crippen LogP contribution in [-0.2, 0) is 18.9 Å². The van der Waals surface area contributed by atoms with Gasteiger partial charge in [0.15, 0.2) is 0 Å². The number of hydrogen-bond acceptors (Lipinski definition) is 5. The summed E-state index contributed by atoms with van der Waals surface area (Å²) in [6.45, 7) is 3.41. The van der Waals surface area contributed by atoms with Crippen LogP contribution in [0.15, 0.2) is 0 Å². The van der Waals surface area contributed by atoms with Gasteiger partial charge in [0.25, 0.3) is 0 Å². The smallest absolute Gasteiger partial charge is 0.147 e. The third kappa shape index (κ3) is 2.49. The van der Waals surface area contributed by atoms with Crippen molar-refractivity contribution in [3.63, 3.8) is 0 Å². The van der Waals surface area contributed by atoms with E-state index in [2.05, 4.69) is 0 Å². The molecule has 0 aromatic heterocycles. The van der Waals surface area contributed by atoms with E-state index >= 15 is 0 Å². The van der Waals surface area contributed by atoms with Crippen LogP contribution in [0.4, 0.5) is 0 Å². The summed E-state index contributed by atoms with van der Waals surface area (Å²) < 4.78 is 21.7. The molecule has 2 aliphatic heterocycles. The monoisotopic (exact) mass is 217 g/mol. The molecule has 2 heterocycles. The van der Waals surface area contributed by atoms with E-state index < -0.39 is 0 Å². The lowest BCUT2D eigenvalue weighted by molar-refractivity contribution is -0.277. The van der Waals surface area contributed by atoms with Gasteiger partial charge in [-0.15, -0.1) is 0 Å². The highest BCUT2D eigenvalue weighted by Gasteiger charge is 2.44. The maximum Gasteiger partial charge on any atom is 0.147 e. The maximum atomic E-state index is 5.64. The van der Waals surface area contributed by atoms with Crippen molar-refractivity contribution in [2.45, 2.75) is 18.9 Å². The topological polar surface area (TPSA) is 62.9 Å². The molecule has 2 N–H and O–H groups in total. The van der Waals surface area contributed by atoms with Crippen LogP contribution < -0.4 is 5.73 Å². The van der Waals surface area contributed by atoms with Crippen molar-refractivity contribution in [1.29, 1.82) is 0 Å². The molecule has 0 radical (unpaired) electrons. The first-order valence-corrected chi connectivity index (χ1v) is 5.42. The summed E-state index contributed by atoms with van der Waals surface area (Å²) in [6, 6.07) is 0. The van der Waals surface area contributed by atoms with E-state index in [1.54, 1.807) is 0 Å². The van der Waals surface area contributed by atoms with Gasteiger partial charge in [-0.3, -0.25) is 0 Å². The minimum absolute atomic E-state index is 0.119. The second-order valence-electron chi connectivity index (χ2n) is 4.23. The molecule has 1 spiro atoms. The van der Waals surface area contributed by atoms with E-state index in [-0.39, 0.29) is 11.5 Å². The van der Waals surface area contributed by atoms with Gasteiger partial charge in [0, 0.05) is 0 Å². The van der Waals surface area contributed by atoms with Gasteiger partial charge in [-0.1, -0.05) is 0 Å². The fourth-order valence-corrected chi connectivity index (χ4v) is 2.20. The van der Waals surface area contributed by atoms with Crippen LogP contribution in [0.25, 0.3) is 0 Å². The van der Waals surface area contributed by atoms with Gasteiger partial charge < -0.3 is 24.7 Å². The van der Waals surface area contributed by atoms with E-state index in [9.17, 15) is 0 Å². The minimum Gasteiger partial charge on any atom is -0.355 e. The molecule has 1 atom stereocenters. The summed E-state index contributed by atoms with van der Waals surface area (Å²) in [5.41, 5.74) is 5.39. The molecule has 0 aromatic carbocycles. The van der Waals surface area contributed by atoms with Crippen LogP contribution in [0.5, 0.6) is 0 Å². The van der Waals surface area contributed by atoms with Crippen molar-refractivity contribution in [2.75, 3.05) is 40.0 Å². The average molecular weight is 217 g/mol. The lowest BCUT2D eigenvalue weighted by atomic mass is 9.81. The number of nitrogens with two attached hydrogens (primary N) is 1. The zero-order valence-corrected chi connectivity index (χ0v) is 8.94. The van der Waals surface area contributed by atoms with Gasteiger partial charge >= 0.3 is 0 Å². The highest BCUT2D eigenvalue weighted by molar-refractivity contribution is 4.90. The third-order valence-electron chi connectivity index (χ3n) is 3.04. The first-order valence-electron chi connectivity index (χ1n) is 5.42. The Labute approximate surface area is 89.8 Å². The molecule has 2 rings (SSSR count). The van der Waals surface area contributed by atoms with Crippen molar-refractivity contribution in [1.82, 2.24) is 0 Å². The number of rotatable bonds is 3. The van der Waals surface area contributed by atoms with E-state index in [0.717, 1.165) is 12.8 Å². The van der Waals surface area contributed by atoms with Crippen molar-refractivity contribution < 1.29 is 18.9 Å². The maximum absolute atomic E-state index is 5.64. The second kappa shape index (κ2) is 5.23. The molecular weight excluding hydrogens is 198 g/mol. The Morgan fingerprint density at radius 2 is 1.73 bits per heavy atom. The summed E-state index contributed by atoms with van der Waals surface area (Å²) in [5, 5.41) is 0. The lowest BCUT2D eigenvalue weighted by Crippen LogP contribution is -2.54. The zero-order valence-electron chi connectivity index (χ0n) is 8.94. The molecule has 0 amide bonds. The molecule has 0 saturated carbocycles. The summed E-state index contributed by atoms with van der Waals surface area (Å²) in [6.07, 6.45) is 2.06. The molecule has 2 fully saturated rings. The Bertz CT molecular complexity index is 186. The van der Waals surface area contributed by atoms with Crippen LogP contribution in [0.2, 0.25) is 0 Å². The van der Waals surface area contributed by atoms with E-state index in [4.69, 9.17) is 24.7 Å². The van der Waals surface area contributed by atoms with Crippen LogP contribution in [-0.4, -0.2) is 46.1 Å². The molecule has 5 nitrogen and oxygen atoms in total. The molecule has 0 aliphatic carbocycles. The molecule has 2 aliphatic rings. The lowest BCUT2D eigenvalue weighted by Gasteiger charge is -2.45. The molecule has 0 bridgehead atoms. The van der Waals surface area contributed by atoms with Gasteiger partial charge in [-0.2, -0.15) is 0 Å². The predicted octanol–water partition coefficient (Wildman–Crippen LogP) is 0.0889.